The van der Waals surface area contributed by atoms with Crippen molar-refractivity contribution in [3.05, 3.63) is 12.4 Å². The molecule has 0 fully saturated rings. The highest BCUT2D eigenvalue weighted by Gasteiger charge is 2.06. The first-order chi connectivity index (χ1) is 7.61. The zero-order valence-electron chi connectivity index (χ0n) is 9.30. The smallest absolute Gasteiger partial charge is 0.303 e. The fourth-order valence-corrected chi connectivity index (χ4v) is 1.19. The minimum absolute atomic E-state index is 0.0377. The molecule has 6 nitrogen and oxygen atoms in total. The molecule has 0 aliphatic heterocycles. The lowest BCUT2D eigenvalue weighted by Gasteiger charge is -2.13. The molecule has 0 aromatic carbocycles. The highest BCUT2D eigenvalue weighted by atomic mass is 16.5. The lowest BCUT2D eigenvalue weighted by molar-refractivity contribution is -0.137. The highest BCUT2D eigenvalue weighted by molar-refractivity contribution is 5.66. The van der Waals surface area contributed by atoms with E-state index in [1.807, 2.05) is 6.92 Å². The molecule has 1 rings (SSSR count). The number of methoxy groups -OCH3 is 1. The summed E-state index contributed by atoms with van der Waals surface area (Å²) in [7, 11) is 1.53. The standard InChI is InChI=1S/C10H15N3O3/c1-7(3-4-10(14)15)13-8-5-9(16-2)12-6-11-8/h5-7H,3-4H2,1-2H3,(H,14,15)(H,11,12,13). The van der Waals surface area contributed by atoms with Crippen LogP contribution in [0.15, 0.2) is 12.4 Å². The third-order valence-electron chi connectivity index (χ3n) is 2.04. The number of nitrogens with one attached hydrogen (secondary N) is 1. The lowest BCUT2D eigenvalue weighted by atomic mass is 10.2. The van der Waals surface area contributed by atoms with Gasteiger partial charge in [0.1, 0.15) is 12.1 Å². The predicted octanol–water partition coefficient (Wildman–Crippen LogP) is 1.15. The summed E-state index contributed by atoms with van der Waals surface area (Å²) in [6.45, 7) is 1.90. The van der Waals surface area contributed by atoms with Crippen LogP contribution in [0.2, 0.25) is 0 Å². The maximum Gasteiger partial charge on any atom is 0.303 e. The zero-order valence-corrected chi connectivity index (χ0v) is 9.30. The molecule has 0 bridgehead atoms. The van der Waals surface area contributed by atoms with Crippen molar-refractivity contribution in [3.8, 4) is 5.88 Å². The van der Waals surface area contributed by atoms with Gasteiger partial charge in [0.05, 0.1) is 7.11 Å². The number of aliphatic carboxylic acids is 1. The topological polar surface area (TPSA) is 84.3 Å². The molecule has 6 heteroatoms. The van der Waals surface area contributed by atoms with Gasteiger partial charge in [0.25, 0.3) is 0 Å². The Bertz CT molecular complexity index is 357. The lowest BCUT2D eigenvalue weighted by Crippen LogP contribution is -2.17. The van der Waals surface area contributed by atoms with Crippen molar-refractivity contribution < 1.29 is 14.6 Å². The van der Waals surface area contributed by atoms with Crippen molar-refractivity contribution >= 4 is 11.8 Å². The Kier molecular flexibility index (Phi) is 4.50. The van der Waals surface area contributed by atoms with E-state index in [9.17, 15) is 4.79 Å². The van der Waals surface area contributed by atoms with Crippen LogP contribution in [-0.4, -0.2) is 34.2 Å². The second-order valence-corrected chi connectivity index (χ2v) is 3.42. The normalized spacial score (nSPS) is 11.9. The number of hydrogen-bond acceptors (Lipinski definition) is 5. The van der Waals surface area contributed by atoms with Gasteiger partial charge in [-0.3, -0.25) is 4.79 Å². The van der Waals surface area contributed by atoms with E-state index in [-0.39, 0.29) is 12.5 Å². The predicted molar refractivity (Wildman–Crippen MR) is 58.5 cm³/mol. The number of carboxylic acids is 1. The van der Waals surface area contributed by atoms with Gasteiger partial charge in [-0.15, -0.1) is 0 Å². The quantitative estimate of drug-likeness (QED) is 0.755. The van der Waals surface area contributed by atoms with Crippen LogP contribution >= 0.6 is 0 Å². The van der Waals surface area contributed by atoms with Crippen LogP contribution in [0.1, 0.15) is 19.8 Å². The molecule has 88 valence electrons. The second-order valence-electron chi connectivity index (χ2n) is 3.42. The van der Waals surface area contributed by atoms with Crippen LogP contribution in [0.25, 0.3) is 0 Å². The number of hydrogen-bond donors (Lipinski definition) is 2. The maximum atomic E-state index is 10.4. The zero-order chi connectivity index (χ0) is 12.0. The summed E-state index contributed by atoms with van der Waals surface area (Å²) >= 11 is 0. The molecule has 0 radical (unpaired) electrons. The Morgan fingerprint density at radius 1 is 1.62 bits per heavy atom. The average molecular weight is 225 g/mol. The SMILES string of the molecule is COc1cc(NC(C)CCC(=O)O)ncn1. The number of nitrogens with zero attached hydrogens (tertiary/aromatic N) is 2. The molecule has 16 heavy (non-hydrogen) atoms. The number of ether oxygens (including phenoxy) is 1. The second kappa shape index (κ2) is 5.89. The van der Waals surface area contributed by atoms with E-state index in [2.05, 4.69) is 15.3 Å². The first kappa shape index (κ1) is 12.2. The van der Waals surface area contributed by atoms with Gasteiger partial charge < -0.3 is 15.2 Å². The Hall–Kier alpha value is -1.85. The Labute approximate surface area is 93.7 Å². The van der Waals surface area contributed by atoms with E-state index in [0.717, 1.165) is 0 Å². The summed E-state index contributed by atoms with van der Waals surface area (Å²) in [5.41, 5.74) is 0. The summed E-state index contributed by atoms with van der Waals surface area (Å²) in [5.74, 6) is 0.307. The van der Waals surface area contributed by atoms with E-state index in [1.54, 1.807) is 6.07 Å². The first-order valence-corrected chi connectivity index (χ1v) is 4.96. The minimum atomic E-state index is -0.797. The van der Waals surface area contributed by atoms with Gasteiger partial charge in [-0.1, -0.05) is 0 Å². The molecule has 0 amide bonds. The summed E-state index contributed by atoms with van der Waals surface area (Å²) < 4.78 is 4.95. The van der Waals surface area contributed by atoms with Gasteiger partial charge >= 0.3 is 5.97 Å². The molecule has 2 N–H and O–H groups in total. The van der Waals surface area contributed by atoms with Crippen LogP contribution in [-0.2, 0) is 4.79 Å². The molecular formula is C10H15N3O3. The van der Waals surface area contributed by atoms with Gasteiger partial charge in [0, 0.05) is 18.5 Å². The fraction of sp³-hybridized carbons (Fsp3) is 0.500. The fourth-order valence-electron chi connectivity index (χ4n) is 1.19. The van der Waals surface area contributed by atoms with E-state index in [4.69, 9.17) is 9.84 Å². The molecule has 0 saturated heterocycles. The summed E-state index contributed by atoms with van der Waals surface area (Å²) in [5, 5.41) is 11.6. The van der Waals surface area contributed by atoms with Crippen LogP contribution in [0.3, 0.4) is 0 Å². The maximum absolute atomic E-state index is 10.4. The molecule has 1 aromatic rings. The van der Waals surface area contributed by atoms with Crippen LogP contribution in [0.4, 0.5) is 5.82 Å². The number of aromatic nitrogens is 2. The van der Waals surface area contributed by atoms with Gasteiger partial charge in [-0.25, -0.2) is 9.97 Å². The van der Waals surface area contributed by atoms with Crippen LogP contribution < -0.4 is 10.1 Å². The highest BCUT2D eigenvalue weighted by Crippen LogP contribution is 2.12. The van der Waals surface area contributed by atoms with E-state index in [0.29, 0.717) is 18.1 Å². The van der Waals surface area contributed by atoms with Crippen LogP contribution in [0.5, 0.6) is 5.88 Å². The third kappa shape index (κ3) is 4.12. The van der Waals surface area contributed by atoms with Crippen LogP contribution in [0, 0.1) is 0 Å². The van der Waals surface area contributed by atoms with E-state index < -0.39 is 5.97 Å². The van der Waals surface area contributed by atoms with Crippen molar-refractivity contribution in [2.75, 3.05) is 12.4 Å². The number of anilines is 1. The Morgan fingerprint density at radius 3 is 3.00 bits per heavy atom. The number of rotatable bonds is 6. The van der Waals surface area contributed by atoms with Crippen molar-refractivity contribution in [2.24, 2.45) is 0 Å². The van der Waals surface area contributed by atoms with Gasteiger partial charge in [0.2, 0.25) is 5.88 Å². The summed E-state index contributed by atoms with van der Waals surface area (Å²) in [6.07, 6.45) is 2.07. The largest absolute Gasteiger partial charge is 0.481 e. The monoisotopic (exact) mass is 225 g/mol. The third-order valence-corrected chi connectivity index (χ3v) is 2.04. The molecule has 0 spiro atoms. The molecule has 0 aliphatic rings. The van der Waals surface area contributed by atoms with Gasteiger partial charge in [0.15, 0.2) is 0 Å². The van der Waals surface area contributed by atoms with Gasteiger partial charge in [-0.2, -0.15) is 0 Å². The Morgan fingerprint density at radius 2 is 2.38 bits per heavy atom. The molecule has 1 aromatic heterocycles. The molecule has 1 unspecified atom stereocenters. The summed E-state index contributed by atoms with van der Waals surface area (Å²) in [6, 6.07) is 1.70. The molecule has 0 aliphatic carbocycles. The van der Waals surface area contributed by atoms with E-state index >= 15 is 0 Å². The molecular weight excluding hydrogens is 210 g/mol. The summed E-state index contributed by atoms with van der Waals surface area (Å²) in [4.78, 5) is 18.3. The number of carboxylic acid groups (broad SMARTS) is 1. The molecule has 1 heterocycles. The van der Waals surface area contributed by atoms with Crippen molar-refractivity contribution in [3.63, 3.8) is 0 Å². The first-order valence-electron chi connectivity index (χ1n) is 4.96. The molecule has 1 atom stereocenters. The molecule has 0 saturated carbocycles. The van der Waals surface area contributed by atoms with Crippen molar-refractivity contribution in [1.82, 2.24) is 9.97 Å². The van der Waals surface area contributed by atoms with E-state index in [1.165, 1.54) is 13.4 Å². The van der Waals surface area contributed by atoms with Crippen molar-refractivity contribution in [1.29, 1.82) is 0 Å². The average Bonchev–Trinajstić information content (AvgIpc) is 2.26. The van der Waals surface area contributed by atoms with Gasteiger partial charge in [-0.05, 0) is 13.3 Å². The van der Waals surface area contributed by atoms with Crippen molar-refractivity contribution in [2.45, 2.75) is 25.8 Å². The minimum Gasteiger partial charge on any atom is -0.481 e. The Balaban J connectivity index is 2.48. The number of carbonyl (C=O) groups is 1.